The molecule has 0 aliphatic heterocycles. The molecule has 0 aliphatic rings. The number of rotatable bonds is 5. The summed E-state index contributed by atoms with van der Waals surface area (Å²) in [6.07, 6.45) is -3.26. The Morgan fingerprint density at radius 1 is 1.14 bits per heavy atom. The van der Waals surface area contributed by atoms with Gasteiger partial charge in [0.05, 0.1) is 34.0 Å². The molecule has 2 N–H and O–H groups in total. The van der Waals surface area contributed by atoms with Gasteiger partial charge in [-0.25, -0.2) is 9.37 Å². The monoisotopic (exact) mass is 548 g/mol. The van der Waals surface area contributed by atoms with Crippen LogP contribution in [0.5, 0.6) is 0 Å². The molecule has 4 rings (SSSR count). The average molecular weight is 549 g/mol. The lowest BCUT2D eigenvalue weighted by atomic mass is 10.1. The third-order valence-corrected chi connectivity index (χ3v) is 5.93. The first-order valence-electron chi connectivity index (χ1n) is 10.2. The lowest BCUT2D eigenvalue weighted by molar-refractivity contribution is -0.141. The van der Waals surface area contributed by atoms with E-state index in [1.54, 1.807) is 25.1 Å². The van der Waals surface area contributed by atoms with Crippen molar-refractivity contribution in [2.24, 2.45) is 0 Å². The van der Waals surface area contributed by atoms with Gasteiger partial charge in [-0.3, -0.25) is 9.78 Å². The second-order valence-electron chi connectivity index (χ2n) is 7.65. The van der Waals surface area contributed by atoms with E-state index in [4.69, 9.17) is 5.73 Å². The van der Waals surface area contributed by atoms with Gasteiger partial charge in [0.1, 0.15) is 11.6 Å². The molecule has 35 heavy (non-hydrogen) atoms. The van der Waals surface area contributed by atoms with E-state index in [1.807, 2.05) is 0 Å². The van der Waals surface area contributed by atoms with E-state index in [2.05, 4.69) is 36.1 Å². The fourth-order valence-electron chi connectivity index (χ4n) is 3.47. The molecule has 0 radical (unpaired) electrons. The van der Waals surface area contributed by atoms with Crippen LogP contribution in [-0.4, -0.2) is 31.0 Å². The zero-order chi connectivity index (χ0) is 25.3. The maximum Gasteiger partial charge on any atom is 0.435 e. The van der Waals surface area contributed by atoms with Crippen LogP contribution in [0.25, 0.3) is 10.9 Å². The Labute approximate surface area is 205 Å². The fraction of sp³-hybridized carbons (Fsp3) is 0.174. The molecule has 1 atom stereocenters. The third-order valence-electron chi connectivity index (χ3n) is 5.30. The molecule has 0 fully saturated rings. The highest BCUT2D eigenvalue weighted by Crippen LogP contribution is 2.29. The highest BCUT2D eigenvalue weighted by molar-refractivity contribution is 9.10. The van der Waals surface area contributed by atoms with Crippen molar-refractivity contribution in [1.29, 1.82) is 0 Å². The van der Waals surface area contributed by atoms with Gasteiger partial charge in [0.15, 0.2) is 5.69 Å². The Hall–Kier alpha value is -3.67. The second-order valence-corrected chi connectivity index (χ2v) is 8.50. The topological polar surface area (TPSA) is 97.9 Å². The molecule has 0 unspecified atom stereocenters. The summed E-state index contributed by atoms with van der Waals surface area (Å²) in [4.78, 5) is 23.2. The van der Waals surface area contributed by atoms with Gasteiger partial charge in [0, 0.05) is 17.1 Å². The number of halogens is 5. The standard InChI is InChI=1S/C23H17BrF4N6O/c1-12(20-17(25)3-2-8-30-20)34(11-15-5-7-19(33-32-15)23(26,27)28)22(35)13-4-6-18-14(9-13)10-16(24)21(29)31-18/h2-10,12H,11H2,1H3,(H2,29,31)/t12-/m1/s1. The van der Waals surface area contributed by atoms with Gasteiger partial charge in [0.25, 0.3) is 5.91 Å². The molecule has 1 aromatic carbocycles. The SMILES string of the molecule is C[C@H](c1ncccc1F)N(Cc1ccc(C(F)(F)F)nn1)C(=O)c1ccc2nc(N)c(Br)cc2c1. The molecular weight excluding hydrogens is 532 g/mol. The molecule has 180 valence electrons. The van der Waals surface area contributed by atoms with Crippen molar-refractivity contribution < 1.29 is 22.4 Å². The van der Waals surface area contributed by atoms with Gasteiger partial charge >= 0.3 is 6.18 Å². The van der Waals surface area contributed by atoms with Crippen LogP contribution < -0.4 is 5.73 Å². The van der Waals surface area contributed by atoms with Crippen LogP contribution in [0.4, 0.5) is 23.4 Å². The van der Waals surface area contributed by atoms with Crippen molar-refractivity contribution in [3.63, 3.8) is 0 Å². The first kappa shape index (κ1) is 24.5. The second kappa shape index (κ2) is 9.53. The van der Waals surface area contributed by atoms with E-state index >= 15 is 0 Å². The number of alkyl halides is 3. The van der Waals surface area contributed by atoms with Crippen LogP contribution in [0.3, 0.4) is 0 Å². The van der Waals surface area contributed by atoms with Gasteiger partial charge in [0.2, 0.25) is 0 Å². The number of carbonyl (C=O) groups is 1. The van der Waals surface area contributed by atoms with Crippen LogP contribution in [0.1, 0.15) is 40.4 Å². The molecule has 0 saturated heterocycles. The number of hydrogen-bond acceptors (Lipinski definition) is 6. The largest absolute Gasteiger partial charge is 0.435 e. The third kappa shape index (κ3) is 5.21. The Morgan fingerprint density at radius 3 is 2.57 bits per heavy atom. The lowest BCUT2D eigenvalue weighted by Crippen LogP contribution is -2.34. The van der Waals surface area contributed by atoms with E-state index in [1.165, 1.54) is 29.3 Å². The molecule has 7 nitrogen and oxygen atoms in total. The minimum atomic E-state index is -4.65. The molecule has 0 bridgehead atoms. The van der Waals surface area contributed by atoms with Crippen LogP contribution in [-0.2, 0) is 12.7 Å². The van der Waals surface area contributed by atoms with Gasteiger partial charge in [-0.05, 0) is 71.4 Å². The molecular formula is C23H17BrF4N6O. The number of anilines is 1. The maximum absolute atomic E-state index is 14.5. The number of nitrogen functional groups attached to an aromatic ring is 1. The average Bonchev–Trinajstić information content (AvgIpc) is 2.82. The summed E-state index contributed by atoms with van der Waals surface area (Å²) in [5, 5.41) is 7.47. The quantitative estimate of drug-likeness (QED) is 0.339. The number of aromatic nitrogens is 4. The summed E-state index contributed by atoms with van der Waals surface area (Å²) in [6.45, 7) is 1.34. The Balaban J connectivity index is 1.73. The van der Waals surface area contributed by atoms with Gasteiger partial charge in [-0.2, -0.15) is 18.3 Å². The van der Waals surface area contributed by atoms with Crippen LogP contribution in [0, 0.1) is 5.82 Å². The molecule has 12 heteroatoms. The minimum Gasteiger partial charge on any atom is -0.383 e. The summed E-state index contributed by atoms with van der Waals surface area (Å²) >= 11 is 3.30. The number of amides is 1. The van der Waals surface area contributed by atoms with Crippen LogP contribution in [0.2, 0.25) is 0 Å². The number of pyridine rings is 2. The highest BCUT2D eigenvalue weighted by Gasteiger charge is 2.33. The zero-order valence-electron chi connectivity index (χ0n) is 18.1. The van der Waals surface area contributed by atoms with Crippen molar-refractivity contribution in [2.75, 3.05) is 5.73 Å². The van der Waals surface area contributed by atoms with Crippen LogP contribution >= 0.6 is 15.9 Å². The predicted octanol–water partition coefficient (Wildman–Crippen LogP) is 5.33. The van der Waals surface area contributed by atoms with Crippen molar-refractivity contribution in [3.05, 3.63) is 87.7 Å². The minimum absolute atomic E-state index is 0.00121. The Kier molecular flexibility index (Phi) is 6.66. The van der Waals surface area contributed by atoms with Crippen molar-refractivity contribution in [1.82, 2.24) is 25.1 Å². The highest BCUT2D eigenvalue weighted by atomic mass is 79.9. The lowest BCUT2D eigenvalue weighted by Gasteiger charge is -2.29. The van der Waals surface area contributed by atoms with Crippen molar-refractivity contribution in [2.45, 2.75) is 25.7 Å². The number of benzene rings is 1. The molecule has 0 aliphatic carbocycles. The molecule has 3 aromatic heterocycles. The Morgan fingerprint density at radius 2 is 1.91 bits per heavy atom. The zero-order valence-corrected chi connectivity index (χ0v) is 19.7. The first-order chi connectivity index (χ1) is 16.5. The van der Waals surface area contributed by atoms with Crippen LogP contribution in [0.15, 0.2) is 59.2 Å². The molecule has 4 aromatic rings. The predicted molar refractivity (Wildman–Crippen MR) is 123 cm³/mol. The fourth-order valence-corrected chi connectivity index (χ4v) is 3.81. The normalized spacial score (nSPS) is 12.5. The van der Waals surface area contributed by atoms with Gasteiger partial charge < -0.3 is 10.6 Å². The Bertz CT molecular complexity index is 1400. The maximum atomic E-state index is 14.5. The van der Waals surface area contributed by atoms with E-state index < -0.39 is 29.6 Å². The smallest absolute Gasteiger partial charge is 0.383 e. The number of nitrogens with two attached hydrogens (primary N) is 1. The summed E-state index contributed by atoms with van der Waals surface area (Å²) < 4.78 is 53.7. The van der Waals surface area contributed by atoms with Crippen molar-refractivity contribution >= 4 is 38.6 Å². The van der Waals surface area contributed by atoms with E-state index in [0.29, 0.717) is 21.2 Å². The van der Waals surface area contributed by atoms with E-state index in [-0.39, 0.29) is 23.5 Å². The summed E-state index contributed by atoms with van der Waals surface area (Å²) in [6, 6.07) is 10.1. The molecule has 1 amide bonds. The molecule has 0 spiro atoms. The number of nitrogens with zero attached hydrogens (tertiary/aromatic N) is 5. The van der Waals surface area contributed by atoms with E-state index in [0.717, 1.165) is 12.1 Å². The van der Waals surface area contributed by atoms with Gasteiger partial charge in [-0.1, -0.05) is 0 Å². The number of fused-ring (bicyclic) bond motifs is 1. The molecule has 3 heterocycles. The number of hydrogen-bond donors (Lipinski definition) is 1. The van der Waals surface area contributed by atoms with Crippen molar-refractivity contribution in [3.8, 4) is 0 Å². The summed E-state index contributed by atoms with van der Waals surface area (Å²) in [5.74, 6) is -0.851. The first-order valence-corrected chi connectivity index (χ1v) is 11.0. The number of carbonyl (C=O) groups excluding carboxylic acids is 1. The van der Waals surface area contributed by atoms with E-state index in [9.17, 15) is 22.4 Å². The molecule has 0 saturated carbocycles. The van der Waals surface area contributed by atoms with Gasteiger partial charge in [-0.15, -0.1) is 5.10 Å². The summed E-state index contributed by atoms with van der Waals surface area (Å²) in [5.41, 5.74) is 5.56. The summed E-state index contributed by atoms with van der Waals surface area (Å²) in [7, 11) is 0.